The lowest BCUT2D eigenvalue weighted by molar-refractivity contribution is 0.511. The lowest BCUT2D eigenvalue weighted by Gasteiger charge is -2.05. The third-order valence-electron chi connectivity index (χ3n) is 8.61. The van der Waals surface area contributed by atoms with Gasteiger partial charge in [0.05, 0.1) is 0 Å². The largest absolute Gasteiger partial charge is 0.371 e. The van der Waals surface area contributed by atoms with Crippen LogP contribution >= 0.6 is 37.5 Å². The SMILES string of the molecule is S=C(S)NCCCCCCCCCCCCCCCCCCCCCCCCCCCCCCCCCCCS. The molecular formula is C36H73NS3. The fourth-order valence-corrected chi connectivity index (χ4v) is 6.35. The normalized spacial score (nSPS) is 11.3. The summed E-state index contributed by atoms with van der Waals surface area (Å²) in [4.78, 5) is 0. The van der Waals surface area contributed by atoms with Crippen molar-refractivity contribution in [2.45, 2.75) is 212 Å². The molecule has 0 rings (SSSR count). The van der Waals surface area contributed by atoms with Crippen LogP contribution in [0.3, 0.4) is 0 Å². The Bertz CT molecular complexity index is 471. The van der Waals surface area contributed by atoms with E-state index >= 15 is 0 Å². The Labute approximate surface area is 270 Å². The minimum absolute atomic E-state index is 0.630. The van der Waals surface area contributed by atoms with Gasteiger partial charge in [0.25, 0.3) is 0 Å². The van der Waals surface area contributed by atoms with Crippen molar-refractivity contribution < 1.29 is 0 Å². The van der Waals surface area contributed by atoms with Gasteiger partial charge in [-0.1, -0.05) is 211 Å². The summed E-state index contributed by atoms with van der Waals surface area (Å²) in [5, 5.41) is 3.12. The number of thiol groups is 2. The molecular weight excluding hydrogens is 543 g/mol. The number of rotatable bonds is 35. The zero-order chi connectivity index (χ0) is 29.0. The molecule has 240 valence electrons. The van der Waals surface area contributed by atoms with Crippen LogP contribution in [0.1, 0.15) is 212 Å². The molecule has 0 aromatic carbocycles. The lowest BCUT2D eigenvalue weighted by Crippen LogP contribution is -2.17. The van der Waals surface area contributed by atoms with Crippen LogP contribution in [0.15, 0.2) is 0 Å². The molecule has 0 aromatic rings. The molecule has 40 heavy (non-hydrogen) atoms. The van der Waals surface area contributed by atoms with Gasteiger partial charge in [-0.3, -0.25) is 0 Å². The summed E-state index contributed by atoms with van der Waals surface area (Å²) in [6.07, 6.45) is 47.7. The number of thiocarbonyl (C=S) groups is 1. The molecule has 0 bridgehead atoms. The topological polar surface area (TPSA) is 12.0 Å². The number of nitrogens with one attached hydrogen (secondary N) is 1. The van der Waals surface area contributed by atoms with E-state index in [1.807, 2.05) is 0 Å². The zero-order valence-corrected chi connectivity index (χ0v) is 29.7. The molecule has 0 aromatic heterocycles. The standard InChI is InChI=1S/C36H73NS3/c38-35-33-31-29-27-25-23-21-19-17-15-13-11-9-7-5-3-1-2-4-6-8-10-12-14-16-18-20-22-24-26-28-30-32-34-37-36(39)40/h38H,1-35H2,(H2,37,39,40). The molecule has 0 saturated heterocycles. The highest BCUT2D eigenvalue weighted by atomic mass is 32.1. The maximum atomic E-state index is 4.90. The van der Waals surface area contributed by atoms with E-state index in [0.717, 1.165) is 12.3 Å². The van der Waals surface area contributed by atoms with Crippen molar-refractivity contribution in [3.63, 3.8) is 0 Å². The van der Waals surface area contributed by atoms with Crippen molar-refractivity contribution in [2.75, 3.05) is 12.3 Å². The minimum Gasteiger partial charge on any atom is -0.371 e. The Morgan fingerprint density at radius 2 is 0.500 bits per heavy atom. The van der Waals surface area contributed by atoms with Gasteiger partial charge in [0.1, 0.15) is 4.32 Å². The molecule has 0 aliphatic rings. The van der Waals surface area contributed by atoms with Gasteiger partial charge in [-0.05, 0) is 18.6 Å². The van der Waals surface area contributed by atoms with Crippen molar-refractivity contribution in [2.24, 2.45) is 0 Å². The molecule has 0 unspecified atom stereocenters. The molecule has 0 spiro atoms. The fraction of sp³-hybridized carbons (Fsp3) is 0.972. The molecule has 0 atom stereocenters. The average molecular weight is 616 g/mol. The molecule has 0 saturated carbocycles. The second kappa shape index (κ2) is 37.6. The van der Waals surface area contributed by atoms with E-state index in [1.54, 1.807) is 0 Å². The Balaban J connectivity index is 3.03. The van der Waals surface area contributed by atoms with Crippen LogP contribution in [0.25, 0.3) is 0 Å². The van der Waals surface area contributed by atoms with E-state index in [1.165, 1.54) is 212 Å². The first-order chi connectivity index (χ1) is 19.8. The molecule has 0 amide bonds. The number of hydrogen-bond acceptors (Lipinski definition) is 2. The molecule has 1 nitrogen and oxygen atoms in total. The van der Waals surface area contributed by atoms with E-state index in [0.29, 0.717) is 4.32 Å². The first kappa shape index (κ1) is 40.6. The first-order valence-corrected chi connectivity index (χ1v) is 19.8. The summed E-state index contributed by atoms with van der Waals surface area (Å²) in [7, 11) is 0. The highest BCUT2D eigenvalue weighted by Gasteiger charge is 1.97. The third-order valence-corrected chi connectivity index (χ3v) is 9.23. The maximum Gasteiger partial charge on any atom is 0.130 e. The van der Waals surface area contributed by atoms with Crippen molar-refractivity contribution in [3.8, 4) is 0 Å². The molecule has 0 aliphatic heterocycles. The molecule has 0 fully saturated rings. The Morgan fingerprint density at radius 1 is 0.325 bits per heavy atom. The first-order valence-electron chi connectivity index (χ1n) is 18.3. The highest BCUT2D eigenvalue weighted by molar-refractivity contribution is 8.11. The Morgan fingerprint density at radius 3 is 0.675 bits per heavy atom. The fourth-order valence-electron chi connectivity index (χ4n) is 5.91. The van der Waals surface area contributed by atoms with E-state index in [9.17, 15) is 0 Å². The van der Waals surface area contributed by atoms with Crippen LogP contribution in [0, 0.1) is 0 Å². The van der Waals surface area contributed by atoms with Crippen LogP contribution in [-0.4, -0.2) is 16.6 Å². The van der Waals surface area contributed by atoms with Gasteiger partial charge in [0.15, 0.2) is 0 Å². The van der Waals surface area contributed by atoms with Gasteiger partial charge >= 0.3 is 0 Å². The van der Waals surface area contributed by atoms with E-state index in [2.05, 4.69) is 30.6 Å². The van der Waals surface area contributed by atoms with Gasteiger partial charge in [-0.25, -0.2) is 0 Å². The quantitative estimate of drug-likeness (QED) is 0.0372. The van der Waals surface area contributed by atoms with E-state index in [4.69, 9.17) is 12.2 Å². The minimum atomic E-state index is 0.630. The van der Waals surface area contributed by atoms with Crippen LogP contribution in [0.5, 0.6) is 0 Å². The highest BCUT2D eigenvalue weighted by Crippen LogP contribution is 2.17. The summed E-state index contributed by atoms with van der Waals surface area (Å²) in [6, 6.07) is 0. The second-order valence-corrected chi connectivity index (χ2v) is 14.2. The van der Waals surface area contributed by atoms with Crippen LogP contribution < -0.4 is 5.32 Å². The zero-order valence-electron chi connectivity index (χ0n) is 27.1. The van der Waals surface area contributed by atoms with Crippen molar-refractivity contribution in [1.82, 2.24) is 5.32 Å². The average Bonchev–Trinajstić information content (AvgIpc) is 2.95. The van der Waals surface area contributed by atoms with E-state index < -0.39 is 0 Å². The molecule has 1 N–H and O–H groups in total. The van der Waals surface area contributed by atoms with Crippen LogP contribution in [0.4, 0.5) is 0 Å². The van der Waals surface area contributed by atoms with Crippen LogP contribution in [0.2, 0.25) is 0 Å². The van der Waals surface area contributed by atoms with Gasteiger partial charge < -0.3 is 5.32 Å². The number of unbranched alkanes of at least 4 members (excludes halogenated alkanes) is 32. The monoisotopic (exact) mass is 615 g/mol. The van der Waals surface area contributed by atoms with Gasteiger partial charge in [0.2, 0.25) is 0 Å². The summed E-state index contributed by atoms with van der Waals surface area (Å²) < 4.78 is 0.630. The maximum absolute atomic E-state index is 4.90. The number of hydrogen-bond donors (Lipinski definition) is 3. The van der Waals surface area contributed by atoms with Crippen molar-refractivity contribution in [3.05, 3.63) is 0 Å². The summed E-state index contributed by atoms with van der Waals surface area (Å²) in [5.74, 6) is 1.07. The van der Waals surface area contributed by atoms with E-state index in [-0.39, 0.29) is 0 Å². The van der Waals surface area contributed by atoms with Gasteiger partial charge in [-0.2, -0.15) is 12.6 Å². The predicted molar refractivity (Wildman–Crippen MR) is 196 cm³/mol. The molecule has 0 aliphatic carbocycles. The molecule has 0 radical (unpaired) electrons. The smallest absolute Gasteiger partial charge is 0.130 e. The van der Waals surface area contributed by atoms with Crippen molar-refractivity contribution >= 4 is 41.8 Å². The predicted octanol–water partition coefficient (Wildman–Crippen LogP) is 13.6. The lowest BCUT2D eigenvalue weighted by atomic mass is 10.0. The second-order valence-electron chi connectivity index (χ2n) is 12.6. The van der Waals surface area contributed by atoms with Crippen LogP contribution in [-0.2, 0) is 0 Å². The van der Waals surface area contributed by atoms with Gasteiger partial charge in [0, 0.05) is 6.54 Å². The molecule has 0 heterocycles. The summed E-state index contributed by atoms with van der Waals surface area (Å²) >= 11 is 13.3. The Kier molecular flexibility index (Phi) is 38.2. The summed E-state index contributed by atoms with van der Waals surface area (Å²) in [6.45, 7) is 0.987. The third kappa shape index (κ3) is 38.6. The summed E-state index contributed by atoms with van der Waals surface area (Å²) in [5.41, 5.74) is 0. The van der Waals surface area contributed by atoms with Gasteiger partial charge in [-0.15, -0.1) is 12.6 Å². The Hall–Kier alpha value is 0.590. The van der Waals surface area contributed by atoms with Crippen molar-refractivity contribution in [1.29, 1.82) is 0 Å². The molecule has 4 heteroatoms.